The summed E-state index contributed by atoms with van der Waals surface area (Å²) in [6, 6.07) is 13.1. The van der Waals surface area contributed by atoms with E-state index in [-0.39, 0.29) is 11.7 Å². The summed E-state index contributed by atoms with van der Waals surface area (Å²) in [5.74, 6) is 0.761. The molecule has 0 aliphatic heterocycles. The maximum absolute atomic E-state index is 12.3. The number of thioether (sulfide) groups is 1. The molecule has 1 amide bonds. The zero-order chi connectivity index (χ0) is 18.8. The number of nitrogens with zero attached hydrogens (tertiary/aromatic N) is 4. The first-order valence-corrected chi connectivity index (χ1v) is 9.35. The number of amides is 1. The molecule has 1 N–H and O–H groups in total. The van der Waals surface area contributed by atoms with Gasteiger partial charge in [-0.2, -0.15) is 9.61 Å². The van der Waals surface area contributed by atoms with Gasteiger partial charge in [-0.05, 0) is 61.4 Å². The van der Waals surface area contributed by atoms with Crippen LogP contribution in [-0.2, 0) is 4.79 Å². The lowest BCUT2D eigenvalue weighted by Gasteiger charge is -2.07. The number of fused-ring (bicyclic) bond motifs is 1. The van der Waals surface area contributed by atoms with Gasteiger partial charge in [-0.3, -0.25) is 4.79 Å². The first-order valence-electron chi connectivity index (χ1n) is 8.36. The average Bonchev–Trinajstić information content (AvgIpc) is 3.32. The van der Waals surface area contributed by atoms with Gasteiger partial charge in [-0.15, -0.1) is 10.2 Å². The van der Waals surface area contributed by atoms with E-state index in [1.54, 1.807) is 16.8 Å². The third kappa shape index (κ3) is 3.70. The van der Waals surface area contributed by atoms with Gasteiger partial charge in [0.1, 0.15) is 5.69 Å². The Balaban J connectivity index is 1.47. The number of carbonyl (C=O) groups excluding carboxylic acids is 1. The normalized spacial score (nSPS) is 11.0. The highest BCUT2D eigenvalue weighted by molar-refractivity contribution is 7.99. The molecule has 136 valence electrons. The molecule has 0 unspecified atom stereocenters. The number of rotatable bonds is 5. The Bertz CT molecular complexity index is 1100. The summed E-state index contributed by atoms with van der Waals surface area (Å²) in [6.45, 7) is 4.06. The molecule has 8 heteroatoms. The van der Waals surface area contributed by atoms with Crippen LogP contribution in [0.5, 0.6) is 0 Å². The summed E-state index contributed by atoms with van der Waals surface area (Å²) in [5.41, 5.74) is 4.40. The number of aryl methyl sites for hydroxylation is 2. The number of nitrogens with one attached hydrogen (secondary N) is 1. The standard InChI is InChI=1S/C19H17N5O2S/c1-12-5-6-14(10-13(12)2)20-18(25)11-27-19-22-21-17-8-7-15(23-24(17)19)16-4-3-9-26-16/h3-10H,11H2,1-2H3,(H,20,25). The second kappa shape index (κ2) is 7.24. The topological polar surface area (TPSA) is 85.3 Å². The van der Waals surface area contributed by atoms with Crippen LogP contribution in [0.2, 0.25) is 0 Å². The lowest BCUT2D eigenvalue weighted by Crippen LogP contribution is -2.14. The highest BCUT2D eigenvalue weighted by atomic mass is 32.2. The van der Waals surface area contributed by atoms with Gasteiger partial charge in [-0.1, -0.05) is 17.8 Å². The molecule has 0 saturated carbocycles. The van der Waals surface area contributed by atoms with E-state index >= 15 is 0 Å². The van der Waals surface area contributed by atoms with Crippen molar-refractivity contribution in [1.29, 1.82) is 0 Å². The third-order valence-corrected chi connectivity index (χ3v) is 5.05. The number of hydrogen-bond donors (Lipinski definition) is 1. The summed E-state index contributed by atoms with van der Waals surface area (Å²) in [4.78, 5) is 12.3. The van der Waals surface area contributed by atoms with Crippen LogP contribution >= 0.6 is 11.8 Å². The van der Waals surface area contributed by atoms with Crippen LogP contribution in [0, 0.1) is 13.8 Å². The first kappa shape index (κ1) is 17.3. The van der Waals surface area contributed by atoms with Crippen LogP contribution in [-0.4, -0.2) is 31.5 Å². The van der Waals surface area contributed by atoms with Crippen molar-refractivity contribution in [2.45, 2.75) is 19.0 Å². The Morgan fingerprint density at radius 2 is 2.04 bits per heavy atom. The van der Waals surface area contributed by atoms with Crippen molar-refractivity contribution in [2.75, 3.05) is 11.1 Å². The zero-order valence-electron chi connectivity index (χ0n) is 14.8. The molecule has 4 aromatic rings. The maximum atomic E-state index is 12.3. The van der Waals surface area contributed by atoms with Crippen LogP contribution in [0.15, 0.2) is 58.3 Å². The molecule has 3 aromatic heterocycles. The second-order valence-electron chi connectivity index (χ2n) is 6.08. The number of furan rings is 1. The molecule has 0 radical (unpaired) electrons. The molecule has 1 aromatic carbocycles. The fourth-order valence-corrected chi connectivity index (χ4v) is 3.25. The SMILES string of the molecule is Cc1ccc(NC(=O)CSc2nnc3ccc(-c4ccco4)nn23)cc1C. The van der Waals surface area contributed by atoms with Gasteiger partial charge in [0.15, 0.2) is 11.4 Å². The summed E-state index contributed by atoms with van der Waals surface area (Å²) in [5, 5.41) is 16.2. The minimum absolute atomic E-state index is 0.109. The fraction of sp³-hybridized carbons (Fsp3) is 0.158. The molecule has 7 nitrogen and oxygen atoms in total. The van der Waals surface area contributed by atoms with E-state index in [0.717, 1.165) is 11.3 Å². The van der Waals surface area contributed by atoms with E-state index in [1.165, 1.54) is 17.3 Å². The largest absolute Gasteiger partial charge is 0.463 e. The number of anilines is 1. The Morgan fingerprint density at radius 3 is 2.81 bits per heavy atom. The molecule has 27 heavy (non-hydrogen) atoms. The number of aromatic nitrogens is 4. The number of benzene rings is 1. The van der Waals surface area contributed by atoms with Gasteiger partial charge in [0, 0.05) is 5.69 Å². The van der Waals surface area contributed by atoms with Crippen LogP contribution in [0.3, 0.4) is 0 Å². The van der Waals surface area contributed by atoms with Gasteiger partial charge in [0.25, 0.3) is 0 Å². The van der Waals surface area contributed by atoms with Crippen molar-refractivity contribution in [3.05, 3.63) is 59.9 Å². The van der Waals surface area contributed by atoms with Crippen molar-refractivity contribution in [1.82, 2.24) is 19.8 Å². The van der Waals surface area contributed by atoms with E-state index in [0.29, 0.717) is 22.3 Å². The van der Waals surface area contributed by atoms with Crippen molar-refractivity contribution >= 4 is 29.0 Å². The first-order chi connectivity index (χ1) is 13.1. The van der Waals surface area contributed by atoms with Crippen molar-refractivity contribution in [3.8, 4) is 11.5 Å². The van der Waals surface area contributed by atoms with Gasteiger partial charge in [-0.25, -0.2) is 0 Å². The summed E-state index contributed by atoms with van der Waals surface area (Å²) in [7, 11) is 0. The Morgan fingerprint density at radius 1 is 1.15 bits per heavy atom. The molecule has 3 heterocycles. The van der Waals surface area contributed by atoms with Gasteiger partial charge in [0.2, 0.25) is 11.1 Å². The molecule has 0 spiro atoms. The molecule has 4 rings (SSSR count). The van der Waals surface area contributed by atoms with Crippen molar-refractivity contribution in [2.24, 2.45) is 0 Å². The molecule has 0 aliphatic carbocycles. The molecule has 0 fully saturated rings. The van der Waals surface area contributed by atoms with Gasteiger partial charge in [0.05, 0.1) is 12.0 Å². The van der Waals surface area contributed by atoms with Crippen LogP contribution in [0.25, 0.3) is 17.1 Å². The lowest BCUT2D eigenvalue weighted by molar-refractivity contribution is -0.113. The van der Waals surface area contributed by atoms with Crippen LogP contribution in [0.4, 0.5) is 5.69 Å². The average molecular weight is 379 g/mol. The molecule has 0 atom stereocenters. The Hall–Kier alpha value is -3.13. The van der Waals surface area contributed by atoms with Crippen molar-refractivity contribution < 1.29 is 9.21 Å². The lowest BCUT2D eigenvalue weighted by atomic mass is 10.1. The smallest absolute Gasteiger partial charge is 0.234 e. The fourth-order valence-electron chi connectivity index (χ4n) is 2.56. The molecule has 0 aliphatic rings. The van der Waals surface area contributed by atoms with E-state index in [1.807, 2.05) is 50.2 Å². The minimum Gasteiger partial charge on any atom is -0.463 e. The monoisotopic (exact) mass is 379 g/mol. The highest BCUT2D eigenvalue weighted by Crippen LogP contribution is 2.21. The number of hydrogen-bond acceptors (Lipinski definition) is 6. The summed E-state index contributed by atoms with van der Waals surface area (Å²) >= 11 is 1.28. The van der Waals surface area contributed by atoms with Crippen molar-refractivity contribution in [3.63, 3.8) is 0 Å². The molecule has 0 saturated heterocycles. The summed E-state index contributed by atoms with van der Waals surface area (Å²) < 4.78 is 7.00. The van der Waals surface area contributed by atoms with E-state index < -0.39 is 0 Å². The van der Waals surface area contributed by atoms with Gasteiger partial charge < -0.3 is 9.73 Å². The maximum Gasteiger partial charge on any atom is 0.234 e. The predicted octanol–water partition coefficient (Wildman–Crippen LogP) is 3.73. The van der Waals surface area contributed by atoms with Gasteiger partial charge >= 0.3 is 0 Å². The molecular formula is C19H17N5O2S. The highest BCUT2D eigenvalue weighted by Gasteiger charge is 2.12. The summed E-state index contributed by atoms with van der Waals surface area (Å²) in [6.07, 6.45) is 1.60. The third-order valence-electron chi connectivity index (χ3n) is 4.13. The Labute approximate surface area is 159 Å². The van der Waals surface area contributed by atoms with E-state index in [9.17, 15) is 4.79 Å². The zero-order valence-corrected chi connectivity index (χ0v) is 15.7. The quantitative estimate of drug-likeness (QED) is 0.532. The van der Waals surface area contributed by atoms with Crippen LogP contribution in [0.1, 0.15) is 11.1 Å². The van der Waals surface area contributed by atoms with E-state index in [2.05, 4.69) is 20.6 Å². The minimum atomic E-state index is -0.109. The Kier molecular flexibility index (Phi) is 4.64. The van der Waals surface area contributed by atoms with E-state index in [4.69, 9.17) is 4.42 Å². The second-order valence-corrected chi connectivity index (χ2v) is 7.03. The number of carbonyl (C=O) groups is 1. The van der Waals surface area contributed by atoms with Crippen LogP contribution < -0.4 is 5.32 Å². The molecule has 0 bridgehead atoms. The molecular weight excluding hydrogens is 362 g/mol. The predicted molar refractivity (Wildman–Crippen MR) is 104 cm³/mol.